The second-order valence-corrected chi connectivity index (χ2v) is 4.64. The van der Waals surface area contributed by atoms with Gasteiger partial charge in [0.2, 0.25) is 11.9 Å². The van der Waals surface area contributed by atoms with Crippen molar-refractivity contribution in [1.29, 1.82) is 0 Å². The molecule has 108 valence electrons. The molecule has 0 spiro atoms. The van der Waals surface area contributed by atoms with Gasteiger partial charge in [-0.25, -0.2) is 0 Å². The van der Waals surface area contributed by atoms with Crippen LogP contribution in [0.25, 0.3) is 0 Å². The Morgan fingerprint density at radius 2 is 1.89 bits per heavy atom. The van der Waals surface area contributed by atoms with Gasteiger partial charge >= 0.3 is 6.01 Å². The van der Waals surface area contributed by atoms with Crippen molar-refractivity contribution in [3.8, 4) is 6.01 Å². The number of hydrogen-bond donors (Lipinski definition) is 1. The van der Waals surface area contributed by atoms with E-state index in [0.29, 0.717) is 30.4 Å². The zero-order valence-corrected chi connectivity index (χ0v) is 12.6. The molecule has 1 aromatic heterocycles. The molecule has 0 aliphatic rings. The van der Waals surface area contributed by atoms with Gasteiger partial charge in [0, 0.05) is 19.6 Å². The molecule has 1 heterocycles. The molecule has 0 saturated heterocycles. The number of aromatic nitrogens is 3. The van der Waals surface area contributed by atoms with Gasteiger partial charge in [0.05, 0.1) is 6.61 Å². The van der Waals surface area contributed by atoms with E-state index < -0.39 is 0 Å². The number of anilines is 2. The Morgan fingerprint density at radius 3 is 2.42 bits per heavy atom. The van der Waals surface area contributed by atoms with Crippen LogP contribution in [0.2, 0.25) is 0 Å². The van der Waals surface area contributed by atoms with Crippen molar-refractivity contribution in [3.63, 3.8) is 0 Å². The van der Waals surface area contributed by atoms with Gasteiger partial charge in [-0.1, -0.05) is 13.8 Å². The van der Waals surface area contributed by atoms with Crippen LogP contribution in [0.5, 0.6) is 6.01 Å². The number of hydrogen-bond acceptors (Lipinski definition) is 6. The molecular formula is C13H25N5O. The Bertz CT molecular complexity index is 359. The van der Waals surface area contributed by atoms with Crippen LogP contribution < -0.4 is 15.0 Å². The standard InChI is InChI=1S/C13H25N5O/c1-6-14-11-15-12(17-13(16-11)19-8-3)18(7-2)9-10(4)5/h10H,6-9H2,1-5H3,(H,14,15,16,17). The highest BCUT2D eigenvalue weighted by Gasteiger charge is 2.13. The van der Waals surface area contributed by atoms with E-state index in [1.165, 1.54) is 0 Å². The van der Waals surface area contributed by atoms with Gasteiger partial charge in [0.1, 0.15) is 0 Å². The summed E-state index contributed by atoms with van der Waals surface area (Å²) < 4.78 is 5.40. The Balaban J connectivity index is 3.01. The molecule has 0 radical (unpaired) electrons. The second-order valence-electron chi connectivity index (χ2n) is 4.64. The van der Waals surface area contributed by atoms with Gasteiger partial charge in [-0.3, -0.25) is 0 Å². The normalized spacial score (nSPS) is 10.6. The van der Waals surface area contributed by atoms with E-state index in [-0.39, 0.29) is 0 Å². The third-order valence-electron chi connectivity index (χ3n) is 2.46. The molecule has 0 unspecified atom stereocenters. The van der Waals surface area contributed by atoms with E-state index in [0.717, 1.165) is 19.6 Å². The van der Waals surface area contributed by atoms with Crippen LogP contribution in [-0.4, -0.2) is 41.2 Å². The smallest absolute Gasteiger partial charge is 0.323 e. The third-order valence-corrected chi connectivity index (χ3v) is 2.46. The first-order valence-corrected chi connectivity index (χ1v) is 6.98. The lowest BCUT2D eigenvalue weighted by molar-refractivity contribution is 0.312. The van der Waals surface area contributed by atoms with Gasteiger partial charge in [0.25, 0.3) is 0 Å². The fourth-order valence-corrected chi connectivity index (χ4v) is 1.71. The summed E-state index contributed by atoms with van der Waals surface area (Å²) in [6.07, 6.45) is 0. The molecule has 19 heavy (non-hydrogen) atoms. The van der Waals surface area contributed by atoms with Crippen LogP contribution in [-0.2, 0) is 0 Å². The molecule has 0 amide bonds. The fourth-order valence-electron chi connectivity index (χ4n) is 1.71. The minimum atomic E-state index is 0.380. The maximum absolute atomic E-state index is 5.40. The van der Waals surface area contributed by atoms with Gasteiger partial charge in [-0.05, 0) is 26.7 Å². The fraction of sp³-hybridized carbons (Fsp3) is 0.769. The molecule has 0 saturated carbocycles. The number of nitrogens with one attached hydrogen (secondary N) is 1. The van der Waals surface area contributed by atoms with Gasteiger partial charge < -0.3 is 15.0 Å². The average molecular weight is 267 g/mol. The molecule has 6 heteroatoms. The van der Waals surface area contributed by atoms with Crippen LogP contribution >= 0.6 is 0 Å². The molecule has 1 rings (SSSR count). The van der Waals surface area contributed by atoms with Crippen molar-refractivity contribution >= 4 is 11.9 Å². The van der Waals surface area contributed by atoms with E-state index >= 15 is 0 Å². The first kappa shape index (κ1) is 15.5. The van der Waals surface area contributed by atoms with Crippen LogP contribution in [0.1, 0.15) is 34.6 Å². The number of rotatable bonds is 8. The Morgan fingerprint density at radius 1 is 1.16 bits per heavy atom. The molecule has 6 nitrogen and oxygen atoms in total. The highest BCUT2D eigenvalue weighted by Crippen LogP contribution is 2.16. The maximum atomic E-state index is 5.40. The summed E-state index contributed by atoms with van der Waals surface area (Å²) in [7, 11) is 0. The Labute approximate surface area is 115 Å². The molecular weight excluding hydrogens is 242 g/mol. The average Bonchev–Trinajstić information content (AvgIpc) is 2.36. The summed E-state index contributed by atoms with van der Waals surface area (Å²) in [5.74, 6) is 1.79. The van der Waals surface area contributed by atoms with Crippen LogP contribution in [0, 0.1) is 5.92 Å². The monoisotopic (exact) mass is 267 g/mol. The minimum absolute atomic E-state index is 0.380. The second kappa shape index (κ2) is 7.76. The van der Waals surface area contributed by atoms with E-state index in [2.05, 4.69) is 45.9 Å². The third kappa shape index (κ3) is 4.89. The first-order chi connectivity index (χ1) is 9.10. The minimum Gasteiger partial charge on any atom is -0.464 e. The summed E-state index contributed by atoms with van der Waals surface area (Å²) in [5, 5.41) is 3.11. The number of nitrogens with zero attached hydrogens (tertiary/aromatic N) is 4. The van der Waals surface area contributed by atoms with Gasteiger partial charge in [-0.15, -0.1) is 0 Å². The van der Waals surface area contributed by atoms with Gasteiger partial charge in [0.15, 0.2) is 0 Å². The zero-order valence-electron chi connectivity index (χ0n) is 12.6. The molecule has 0 bridgehead atoms. The SMILES string of the molecule is CCNc1nc(OCC)nc(N(CC)CC(C)C)n1. The van der Waals surface area contributed by atoms with Gasteiger partial charge in [-0.2, -0.15) is 15.0 Å². The van der Waals surface area contributed by atoms with Crippen molar-refractivity contribution < 1.29 is 4.74 Å². The van der Waals surface area contributed by atoms with Crippen LogP contribution in [0.4, 0.5) is 11.9 Å². The van der Waals surface area contributed by atoms with E-state index in [4.69, 9.17) is 4.74 Å². The molecule has 0 aromatic carbocycles. The molecule has 0 aliphatic heterocycles. The summed E-state index contributed by atoms with van der Waals surface area (Å²) in [6, 6.07) is 0.380. The topological polar surface area (TPSA) is 63.2 Å². The first-order valence-electron chi connectivity index (χ1n) is 6.98. The highest BCUT2D eigenvalue weighted by atomic mass is 16.5. The largest absolute Gasteiger partial charge is 0.464 e. The maximum Gasteiger partial charge on any atom is 0.323 e. The van der Waals surface area contributed by atoms with Crippen molar-refractivity contribution in [2.45, 2.75) is 34.6 Å². The predicted octanol–water partition coefficient (Wildman–Crippen LogP) is 2.18. The lowest BCUT2D eigenvalue weighted by Crippen LogP contribution is -2.29. The lowest BCUT2D eigenvalue weighted by atomic mass is 10.2. The van der Waals surface area contributed by atoms with E-state index in [1.54, 1.807) is 0 Å². The van der Waals surface area contributed by atoms with Crippen molar-refractivity contribution in [2.24, 2.45) is 5.92 Å². The van der Waals surface area contributed by atoms with Crippen LogP contribution in [0.15, 0.2) is 0 Å². The molecule has 0 fully saturated rings. The van der Waals surface area contributed by atoms with Crippen molar-refractivity contribution in [2.75, 3.05) is 36.5 Å². The number of ether oxygens (including phenoxy) is 1. The Hall–Kier alpha value is -1.59. The quantitative estimate of drug-likeness (QED) is 0.779. The molecule has 0 atom stereocenters. The lowest BCUT2D eigenvalue weighted by Gasteiger charge is -2.23. The summed E-state index contributed by atoms with van der Waals surface area (Å²) in [4.78, 5) is 15.2. The van der Waals surface area contributed by atoms with Crippen molar-refractivity contribution in [1.82, 2.24) is 15.0 Å². The molecule has 1 N–H and O–H groups in total. The predicted molar refractivity (Wildman–Crippen MR) is 77.9 cm³/mol. The Kier molecular flexibility index (Phi) is 6.32. The van der Waals surface area contributed by atoms with E-state index in [1.807, 2.05) is 13.8 Å². The van der Waals surface area contributed by atoms with E-state index in [9.17, 15) is 0 Å². The summed E-state index contributed by atoms with van der Waals surface area (Å²) in [6.45, 7) is 13.5. The zero-order chi connectivity index (χ0) is 14.3. The molecule has 1 aromatic rings. The highest BCUT2D eigenvalue weighted by molar-refractivity contribution is 5.38. The molecule has 0 aliphatic carbocycles. The summed E-state index contributed by atoms with van der Waals surface area (Å²) in [5.41, 5.74) is 0. The van der Waals surface area contributed by atoms with Crippen molar-refractivity contribution in [3.05, 3.63) is 0 Å². The summed E-state index contributed by atoms with van der Waals surface area (Å²) >= 11 is 0. The van der Waals surface area contributed by atoms with Crippen LogP contribution in [0.3, 0.4) is 0 Å².